The molecular formula is C12H14N2O3. The lowest BCUT2D eigenvalue weighted by Crippen LogP contribution is -2.30. The summed E-state index contributed by atoms with van der Waals surface area (Å²) in [7, 11) is 1.63. The topological polar surface area (TPSA) is 67.4 Å². The van der Waals surface area contributed by atoms with Crippen LogP contribution in [0.1, 0.15) is 12.0 Å². The normalized spacial score (nSPS) is 19.2. The van der Waals surface area contributed by atoms with E-state index in [1.165, 1.54) is 0 Å². The van der Waals surface area contributed by atoms with Crippen LogP contribution >= 0.6 is 0 Å². The zero-order valence-electron chi connectivity index (χ0n) is 9.53. The molecule has 1 aliphatic heterocycles. The van der Waals surface area contributed by atoms with E-state index in [-0.39, 0.29) is 18.2 Å². The summed E-state index contributed by atoms with van der Waals surface area (Å²) in [5.74, 6) is -0.507. The monoisotopic (exact) mass is 234 g/mol. The third-order valence-corrected chi connectivity index (χ3v) is 2.55. The summed E-state index contributed by atoms with van der Waals surface area (Å²) in [4.78, 5) is 22.4. The van der Waals surface area contributed by atoms with Crippen LogP contribution in [-0.2, 0) is 20.9 Å². The third kappa shape index (κ3) is 2.82. The molecule has 2 rings (SSSR count). The van der Waals surface area contributed by atoms with E-state index in [1.807, 2.05) is 24.3 Å². The molecule has 1 aromatic rings. The number of carbonyl (C=O) groups is 2. The van der Waals surface area contributed by atoms with E-state index in [0.717, 1.165) is 11.3 Å². The Hall–Kier alpha value is -1.88. The van der Waals surface area contributed by atoms with Gasteiger partial charge in [0.15, 0.2) is 0 Å². The van der Waals surface area contributed by atoms with Crippen LogP contribution in [0.2, 0.25) is 0 Å². The maximum absolute atomic E-state index is 11.4. The van der Waals surface area contributed by atoms with Gasteiger partial charge in [-0.2, -0.15) is 0 Å². The summed E-state index contributed by atoms with van der Waals surface area (Å²) in [6.45, 7) is 0.519. The lowest BCUT2D eigenvalue weighted by atomic mass is 10.2. The summed E-state index contributed by atoms with van der Waals surface area (Å²) >= 11 is 0. The molecule has 1 saturated heterocycles. The van der Waals surface area contributed by atoms with Crippen molar-refractivity contribution in [1.82, 2.24) is 5.32 Å². The minimum absolute atomic E-state index is 0.188. The Bertz CT molecular complexity index is 445. The molecule has 1 aliphatic rings. The molecule has 2 amide bonds. The lowest BCUT2D eigenvalue weighted by Gasteiger charge is -2.11. The quantitative estimate of drug-likeness (QED) is 0.751. The van der Waals surface area contributed by atoms with Crippen LogP contribution < -0.4 is 10.6 Å². The number of benzene rings is 1. The summed E-state index contributed by atoms with van der Waals surface area (Å²) < 4.78 is 5.03. The van der Waals surface area contributed by atoms with Crippen molar-refractivity contribution in [2.75, 3.05) is 12.4 Å². The van der Waals surface area contributed by atoms with Crippen molar-refractivity contribution >= 4 is 17.5 Å². The predicted molar refractivity (Wildman–Crippen MR) is 62.3 cm³/mol. The Morgan fingerprint density at radius 2 is 2.29 bits per heavy atom. The molecule has 0 aliphatic carbocycles. The van der Waals surface area contributed by atoms with Crippen LogP contribution in [0.25, 0.3) is 0 Å². The number of amides is 2. The second-order valence-electron chi connectivity index (χ2n) is 3.95. The van der Waals surface area contributed by atoms with Gasteiger partial charge in [0.05, 0.1) is 13.0 Å². The van der Waals surface area contributed by atoms with E-state index in [0.29, 0.717) is 6.61 Å². The van der Waals surface area contributed by atoms with E-state index in [4.69, 9.17) is 4.74 Å². The number of methoxy groups -OCH3 is 1. The Morgan fingerprint density at radius 3 is 2.94 bits per heavy atom. The average molecular weight is 234 g/mol. The summed E-state index contributed by atoms with van der Waals surface area (Å²) in [5.41, 5.74) is 1.83. The van der Waals surface area contributed by atoms with Gasteiger partial charge in [0, 0.05) is 12.8 Å². The molecule has 0 bridgehead atoms. The summed E-state index contributed by atoms with van der Waals surface area (Å²) in [5, 5.41) is 5.29. The maximum Gasteiger partial charge on any atom is 0.249 e. The lowest BCUT2D eigenvalue weighted by molar-refractivity contribution is -0.124. The molecule has 2 N–H and O–H groups in total. The summed E-state index contributed by atoms with van der Waals surface area (Å²) in [6.07, 6.45) is 0.188. The van der Waals surface area contributed by atoms with Crippen molar-refractivity contribution in [3.8, 4) is 0 Å². The molecule has 1 heterocycles. The van der Waals surface area contributed by atoms with Gasteiger partial charge in [-0.1, -0.05) is 12.1 Å². The first-order chi connectivity index (χ1) is 8.19. The van der Waals surface area contributed by atoms with Gasteiger partial charge in [0.25, 0.3) is 0 Å². The first-order valence-corrected chi connectivity index (χ1v) is 5.37. The Labute approximate surface area is 99.2 Å². The van der Waals surface area contributed by atoms with Gasteiger partial charge in [-0.3, -0.25) is 14.9 Å². The molecule has 1 aromatic carbocycles. The van der Waals surface area contributed by atoms with Crippen molar-refractivity contribution in [2.45, 2.75) is 19.1 Å². The number of anilines is 1. The zero-order chi connectivity index (χ0) is 12.3. The van der Waals surface area contributed by atoms with Gasteiger partial charge in [-0.05, 0) is 17.7 Å². The van der Waals surface area contributed by atoms with E-state index in [9.17, 15) is 9.59 Å². The number of hydrogen-bond acceptors (Lipinski definition) is 4. The maximum atomic E-state index is 11.4. The number of hydrogen-bond donors (Lipinski definition) is 2. The van der Waals surface area contributed by atoms with E-state index in [1.54, 1.807) is 7.11 Å². The number of carbonyl (C=O) groups excluding carboxylic acids is 2. The Kier molecular flexibility index (Phi) is 3.39. The molecular weight excluding hydrogens is 220 g/mol. The van der Waals surface area contributed by atoms with E-state index >= 15 is 0 Å². The molecule has 0 saturated carbocycles. The first-order valence-electron chi connectivity index (χ1n) is 5.37. The van der Waals surface area contributed by atoms with Gasteiger partial charge in [-0.25, -0.2) is 0 Å². The van der Waals surface area contributed by atoms with Gasteiger partial charge >= 0.3 is 0 Å². The molecule has 17 heavy (non-hydrogen) atoms. The van der Waals surface area contributed by atoms with E-state index < -0.39 is 6.04 Å². The van der Waals surface area contributed by atoms with Crippen LogP contribution in [0.15, 0.2) is 24.3 Å². The minimum atomic E-state index is -0.472. The molecule has 90 valence electrons. The average Bonchev–Trinajstić information content (AvgIpc) is 2.58. The fourth-order valence-electron chi connectivity index (χ4n) is 1.79. The van der Waals surface area contributed by atoms with Crippen LogP contribution in [0.5, 0.6) is 0 Å². The van der Waals surface area contributed by atoms with Gasteiger partial charge < -0.3 is 10.1 Å². The van der Waals surface area contributed by atoms with Gasteiger partial charge in [0.1, 0.15) is 6.04 Å². The van der Waals surface area contributed by atoms with Crippen LogP contribution in [0.3, 0.4) is 0 Å². The second kappa shape index (κ2) is 4.97. The van der Waals surface area contributed by atoms with Crippen LogP contribution in [0.4, 0.5) is 5.69 Å². The molecule has 0 spiro atoms. The number of nitrogens with one attached hydrogen (secondary N) is 2. The molecule has 5 heteroatoms. The fourth-order valence-corrected chi connectivity index (χ4v) is 1.79. The number of ether oxygens (including phenoxy) is 1. The van der Waals surface area contributed by atoms with Gasteiger partial charge in [0.2, 0.25) is 11.8 Å². The smallest absolute Gasteiger partial charge is 0.249 e. The van der Waals surface area contributed by atoms with Crippen LogP contribution in [0, 0.1) is 0 Å². The fraction of sp³-hybridized carbons (Fsp3) is 0.333. The van der Waals surface area contributed by atoms with Crippen molar-refractivity contribution in [1.29, 1.82) is 0 Å². The highest BCUT2D eigenvalue weighted by molar-refractivity contribution is 6.06. The number of rotatable bonds is 4. The van der Waals surface area contributed by atoms with Crippen molar-refractivity contribution in [2.24, 2.45) is 0 Å². The summed E-state index contributed by atoms with van der Waals surface area (Å²) in [6, 6.07) is 7.11. The van der Waals surface area contributed by atoms with Crippen molar-refractivity contribution in [3.05, 3.63) is 29.8 Å². The highest BCUT2D eigenvalue weighted by Crippen LogP contribution is 2.15. The predicted octanol–water partition coefficient (Wildman–Crippen LogP) is 0.660. The minimum Gasteiger partial charge on any atom is -0.380 e. The van der Waals surface area contributed by atoms with Crippen molar-refractivity contribution in [3.63, 3.8) is 0 Å². The molecule has 1 atom stereocenters. The SMILES string of the molecule is COCc1cccc(NC2CC(=O)NC2=O)c1. The van der Waals surface area contributed by atoms with Crippen molar-refractivity contribution < 1.29 is 14.3 Å². The Morgan fingerprint density at radius 1 is 1.47 bits per heavy atom. The Balaban J connectivity index is 2.05. The molecule has 1 unspecified atom stereocenters. The number of imide groups is 1. The zero-order valence-corrected chi connectivity index (χ0v) is 9.53. The first kappa shape index (κ1) is 11.6. The second-order valence-corrected chi connectivity index (χ2v) is 3.95. The van der Waals surface area contributed by atoms with Gasteiger partial charge in [-0.15, -0.1) is 0 Å². The van der Waals surface area contributed by atoms with Crippen LogP contribution in [-0.4, -0.2) is 25.0 Å². The molecule has 1 fully saturated rings. The molecule has 5 nitrogen and oxygen atoms in total. The standard InChI is InChI=1S/C12H14N2O3/c1-17-7-8-3-2-4-9(5-8)13-10-6-11(15)14-12(10)16/h2-5,10,13H,6-7H2,1H3,(H,14,15,16). The molecule has 0 aromatic heterocycles. The third-order valence-electron chi connectivity index (χ3n) is 2.55. The largest absolute Gasteiger partial charge is 0.380 e. The highest BCUT2D eigenvalue weighted by Gasteiger charge is 2.30. The molecule has 0 radical (unpaired) electrons. The van der Waals surface area contributed by atoms with E-state index in [2.05, 4.69) is 10.6 Å². The highest BCUT2D eigenvalue weighted by atomic mass is 16.5.